The zero-order valence-corrected chi connectivity index (χ0v) is 19.8. The van der Waals surface area contributed by atoms with Crippen molar-refractivity contribution < 1.29 is 9.53 Å². The zero-order valence-electron chi connectivity index (χ0n) is 18.7. The lowest BCUT2D eigenvalue weighted by molar-refractivity contribution is 0.262. The lowest BCUT2D eigenvalue weighted by atomic mass is 10.1. The number of para-hydroxylation sites is 1. The fourth-order valence-electron chi connectivity index (χ4n) is 2.83. The van der Waals surface area contributed by atoms with Crippen LogP contribution in [0.2, 0.25) is 0 Å². The predicted octanol–water partition coefficient (Wildman–Crippen LogP) is 4.07. The molecule has 0 aliphatic carbocycles. The van der Waals surface area contributed by atoms with Crippen LogP contribution >= 0.6 is 9.24 Å². The summed E-state index contributed by atoms with van der Waals surface area (Å²) in [6, 6.07) is 12.7. The normalized spacial score (nSPS) is 10.9. The number of carbonyl (C=O) groups excluding carboxylic acids is 1. The summed E-state index contributed by atoms with van der Waals surface area (Å²) < 4.78 is 6.01. The molecule has 1 unspecified atom stereocenters. The highest BCUT2D eigenvalue weighted by molar-refractivity contribution is 7.28. The minimum absolute atomic E-state index is 0.328. The maximum atomic E-state index is 12.5. The second-order valence-electron chi connectivity index (χ2n) is 7.23. The predicted molar refractivity (Wildman–Crippen MR) is 134 cm³/mol. The van der Waals surface area contributed by atoms with Gasteiger partial charge < -0.3 is 20.3 Å². The Hall–Kier alpha value is -2.89. The molecule has 2 aromatic carbocycles. The molecule has 0 fully saturated rings. The molecule has 31 heavy (non-hydrogen) atoms. The highest BCUT2D eigenvalue weighted by Crippen LogP contribution is 2.30. The molecule has 2 rings (SSSR count). The monoisotopic (exact) mass is 441 g/mol. The van der Waals surface area contributed by atoms with Crippen LogP contribution in [0.5, 0.6) is 5.75 Å². The highest BCUT2D eigenvalue weighted by Gasteiger charge is 2.14. The third kappa shape index (κ3) is 7.70. The van der Waals surface area contributed by atoms with E-state index in [1.165, 1.54) is 0 Å². The number of hydrogen-bond donors (Lipinski definition) is 2. The second kappa shape index (κ2) is 12.1. The number of nitrogens with one attached hydrogen (secondary N) is 2. The van der Waals surface area contributed by atoms with Crippen molar-refractivity contribution in [3.63, 3.8) is 0 Å². The van der Waals surface area contributed by atoms with Crippen LogP contribution in [0.25, 0.3) is 5.70 Å². The summed E-state index contributed by atoms with van der Waals surface area (Å²) in [6.07, 6.45) is 2.59. The van der Waals surface area contributed by atoms with Crippen molar-refractivity contribution in [2.45, 2.75) is 13.3 Å². The number of ether oxygens (including phenoxy) is 1. The number of hydrazone groups is 1. The number of carbonyl (C=O) groups is 1. The fourth-order valence-corrected chi connectivity index (χ4v) is 3.11. The Labute approximate surface area is 187 Å². The number of hydrogen-bond acceptors (Lipinski definition) is 5. The van der Waals surface area contributed by atoms with Crippen LogP contribution < -0.4 is 20.7 Å². The lowest BCUT2D eigenvalue weighted by Crippen LogP contribution is -2.22. The zero-order chi connectivity index (χ0) is 22.8. The number of rotatable bonds is 10. The summed E-state index contributed by atoms with van der Waals surface area (Å²) in [5.74, 6) is 0.697. The quantitative estimate of drug-likeness (QED) is 0.252. The third-order valence-electron chi connectivity index (χ3n) is 4.44. The Kier molecular flexibility index (Phi) is 9.50. The van der Waals surface area contributed by atoms with Crippen LogP contribution in [0.15, 0.2) is 54.1 Å². The molecule has 8 heteroatoms. The van der Waals surface area contributed by atoms with Crippen molar-refractivity contribution >= 4 is 43.9 Å². The van der Waals surface area contributed by atoms with Crippen molar-refractivity contribution in [3.8, 4) is 5.75 Å². The third-order valence-corrected chi connectivity index (χ3v) is 4.95. The molecule has 0 spiro atoms. The standard InChI is InChI=1S/C23H32N5O2P/c1-6-24-28(5)17(2)19-16-18(12-13-21(19)30-15-9-14-27(3)4)25-23(29)26-20-10-7-8-11-22(20)31/h6-8,10-13,16H,2,9,14-15,31H2,1,3-5H3,(H2,25,26,29)/b24-6-. The van der Waals surface area contributed by atoms with E-state index in [0.717, 1.165) is 29.5 Å². The van der Waals surface area contributed by atoms with Crippen molar-refractivity contribution in [1.29, 1.82) is 0 Å². The number of urea groups is 1. The first-order valence-electron chi connectivity index (χ1n) is 10.1. The molecule has 0 radical (unpaired) electrons. The minimum Gasteiger partial charge on any atom is -0.493 e. The number of amides is 2. The molecule has 7 nitrogen and oxygen atoms in total. The number of nitrogens with zero attached hydrogens (tertiary/aromatic N) is 3. The summed E-state index contributed by atoms with van der Waals surface area (Å²) in [7, 11) is 8.49. The van der Waals surface area contributed by atoms with Crippen molar-refractivity contribution in [2.75, 3.05) is 44.9 Å². The summed E-state index contributed by atoms with van der Waals surface area (Å²) in [4.78, 5) is 14.6. The molecule has 0 aromatic heterocycles. The first-order valence-corrected chi connectivity index (χ1v) is 10.6. The minimum atomic E-state index is -0.328. The van der Waals surface area contributed by atoms with Crippen LogP contribution in [0, 0.1) is 0 Å². The molecule has 0 aliphatic rings. The largest absolute Gasteiger partial charge is 0.493 e. The Bertz CT molecular complexity index is 930. The van der Waals surface area contributed by atoms with Gasteiger partial charge in [-0.15, -0.1) is 9.24 Å². The number of benzene rings is 2. The van der Waals surface area contributed by atoms with E-state index in [1.54, 1.807) is 11.2 Å². The Balaban J connectivity index is 2.18. The van der Waals surface area contributed by atoms with E-state index >= 15 is 0 Å². The van der Waals surface area contributed by atoms with Gasteiger partial charge in [0.1, 0.15) is 5.75 Å². The molecular weight excluding hydrogens is 409 g/mol. The summed E-state index contributed by atoms with van der Waals surface area (Å²) in [5, 5.41) is 12.6. The van der Waals surface area contributed by atoms with Gasteiger partial charge in [0, 0.05) is 36.7 Å². The Morgan fingerprint density at radius 3 is 2.61 bits per heavy atom. The van der Waals surface area contributed by atoms with Crippen LogP contribution in [0.3, 0.4) is 0 Å². The van der Waals surface area contributed by atoms with Crippen LogP contribution in [-0.2, 0) is 0 Å². The van der Waals surface area contributed by atoms with Crippen molar-refractivity contribution in [2.24, 2.45) is 5.10 Å². The van der Waals surface area contributed by atoms with Crippen LogP contribution in [0.1, 0.15) is 18.9 Å². The molecule has 2 aromatic rings. The van der Waals surface area contributed by atoms with Gasteiger partial charge in [-0.1, -0.05) is 24.8 Å². The van der Waals surface area contributed by atoms with Gasteiger partial charge in [0.25, 0.3) is 0 Å². The van der Waals surface area contributed by atoms with Gasteiger partial charge in [0.2, 0.25) is 0 Å². The lowest BCUT2D eigenvalue weighted by Gasteiger charge is -2.20. The number of anilines is 2. The van der Waals surface area contributed by atoms with E-state index in [1.807, 2.05) is 70.5 Å². The highest BCUT2D eigenvalue weighted by atomic mass is 31.0. The molecule has 1 atom stereocenters. The van der Waals surface area contributed by atoms with E-state index < -0.39 is 0 Å². The van der Waals surface area contributed by atoms with Gasteiger partial charge in [0.15, 0.2) is 0 Å². The molecule has 0 heterocycles. The molecule has 2 N–H and O–H groups in total. The SMILES string of the molecule is C=C(c1cc(NC(=O)Nc2ccccc2P)ccc1OCCCN(C)C)N(C)/N=C\C. The van der Waals surface area contributed by atoms with Gasteiger partial charge in [-0.05, 0) is 57.0 Å². The van der Waals surface area contributed by atoms with E-state index in [2.05, 4.69) is 36.5 Å². The Morgan fingerprint density at radius 2 is 1.94 bits per heavy atom. The van der Waals surface area contributed by atoms with Gasteiger partial charge in [-0.25, -0.2) is 4.79 Å². The fraction of sp³-hybridized carbons (Fsp3) is 0.304. The van der Waals surface area contributed by atoms with Gasteiger partial charge in [0.05, 0.1) is 12.3 Å². The molecule has 0 aliphatic heterocycles. The summed E-state index contributed by atoms with van der Waals surface area (Å²) in [5.41, 5.74) is 2.79. The van der Waals surface area contributed by atoms with Crippen LogP contribution in [0.4, 0.5) is 16.2 Å². The Morgan fingerprint density at radius 1 is 1.19 bits per heavy atom. The smallest absolute Gasteiger partial charge is 0.323 e. The molecule has 0 saturated heterocycles. The first kappa shape index (κ1) is 24.4. The van der Waals surface area contributed by atoms with Gasteiger partial charge in [-0.3, -0.25) is 5.01 Å². The van der Waals surface area contributed by atoms with E-state index in [-0.39, 0.29) is 6.03 Å². The molecule has 0 saturated carbocycles. The van der Waals surface area contributed by atoms with Crippen molar-refractivity contribution in [3.05, 3.63) is 54.6 Å². The average molecular weight is 442 g/mol. The molecular formula is C23H32N5O2P. The van der Waals surface area contributed by atoms with Crippen LogP contribution in [-0.4, -0.2) is 56.4 Å². The summed E-state index contributed by atoms with van der Waals surface area (Å²) >= 11 is 0. The molecule has 166 valence electrons. The van der Waals surface area contributed by atoms with E-state index in [0.29, 0.717) is 23.7 Å². The topological polar surface area (TPSA) is 69.2 Å². The maximum absolute atomic E-state index is 12.5. The maximum Gasteiger partial charge on any atom is 0.323 e. The second-order valence-corrected chi connectivity index (χ2v) is 7.85. The molecule has 0 bridgehead atoms. The first-order chi connectivity index (χ1) is 14.8. The van der Waals surface area contributed by atoms with E-state index in [9.17, 15) is 4.79 Å². The summed E-state index contributed by atoms with van der Waals surface area (Å²) in [6.45, 7) is 7.51. The van der Waals surface area contributed by atoms with Gasteiger partial charge in [-0.2, -0.15) is 5.10 Å². The molecule has 2 amide bonds. The van der Waals surface area contributed by atoms with Gasteiger partial charge >= 0.3 is 6.03 Å². The average Bonchev–Trinajstić information content (AvgIpc) is 2.73. The van der Waals surface area contributed by atoms with E-state index in [4.69, 9.17) is 4.74 Å². The van der Waals surface area contributed by atoms with Crippen molar-refractivity contribution in [1.82, 2.24) is 9.91 Å².